The van der Waals surface area contributed by atoms with Crippen LogP contribution in [0.2, 0.25) is 0 Å². The number of nitrogens with zero attached hydrogens (tertiary/aromatic N) is 6. The van der Waals surface area contributed by atoms with Crippen molar-refractivity contribution in [1.82, 2.24) is 29.6 Å². The van der Waals surface area contributed by atoms with Gasteiger partial charge in [0.25, 0.3) is 11.8 Å². The van der Waals surface area contributed by atoms with Crippen molar-refractivity contribution in [2.24, 2.45) is 0 Å². The molecule has 3 aromatic heterocycles. The van der Waals surface area contributed by atoms with Crippen LogP contribution in [0.15, 0.2) is 53.4 Å². The van der Waals surface area contributed by atoms with Crippen LogP contribution >= 0.6 is 0 Å². The number of hydrogen-bond acceptors (Lipinski definition) is 8. The number of aromatic nitrogens is 4. The van der Waals surface area contributed by atoms with Gasteiger partial charge in [-0.05, 0) is 31.2 Å². The summed E-state index contributed by atoms with van der Waals surface area (Å²) in [7, 11) is 3.16. The second kappa shape index (κ2) is 9.09. The van der Waals surface area contributed by atoms with Gasteiger partial charge >= 0.3 is 0 Å². The Hall–Kier alpha value is -4.41. The third-order valence-electron chi connectivity index (χ3n) is 6.09. The highest BCUT2D eigenvalue weighted by Gasteiger charge is 2.32. The largest absolute Gasteiger partial charge is 0.493 e. The molecule has 1 fully saturated rings. The predicted molar refractivity (Wildman–Crippen MR) is 124 cm³/mol. The van der Waals surface area contributed by atoms with E-state index in [2.05, 4.69) is 15.2 Å². The molecule has 1 aliphatic rings. The summed E-state index contributed by atoms with van der Waals surface area (Å²) in [5, 5.41) is 8.29. The summed E-state index contributed by atoms with van der Waals surface area (Å²) in [4.78, 5) is 33.7. The van der Waals surface area contributed by atoms with Crippen molar-refractivity contribution in [2.45, 2.75) is 13.0 Å². The second-order valence-corrected chi connectivity index (χ2v) is 8.18. The maximum Gasteiger partial charge on any atom is 0.276 e. The third-order valence-corrected chi connectivity index (χ3v) is 6.09. The van der Waals surface area contributed by atoms with Crippen molar-refractivity contribution in [1.29, 1.82) is 0 Å². The lowest BCUT2D eigenvalue weighted by Crippen LogP contribution is -2.55. The normalized spacial score (nSPS) is 15.9. The van der Waals surface area contributed by atoms with Gasteiger partial charge in [-0.15, -0.1) is 0 Å². The monoisotopic (exact) mass is 476 g/mol. The molecule has 1 aromatic carbocycles. The summed E-state index contributed by atoms with van der Waals surface area (Å²) in [5.41, 5.74) is 2.69. The number of benzene rings is 1. The molecular formula is C24H24N6O5. The molecule has 0 N–H and O–H groups in total. The SMILES string of the molecule is COc1ccc(-c2ccnc3cc(C(=O)N4CCN(C(=O)c5ccon5)[C@@H](C)C4)nn23)cc1OC. The van der Waals surface area contributed by atoms with Crippen LogP contribution in [0.5, 0.6) is 11.5 Å². The van der Waals surface area contributed by atoms with Crippen molar-refractivity contribution in [2.75, 3.05) is 33.9 Å². The topological polar surface area (TPSA) is 115 Å². The number of piperazine rings is 1. The highest BCUT2D eigenvalue weighted by Crippen LogP contribution is 2.32. The molecular weight excluding hydrogens is 452 g/mol. The number of carbonyl (C=O) groups is 2. The minimum Gasteiger partial charge on any atom is -0.493 e. The average Bonchev–Trinajstić information content (AvgIpc) is 3.57. The molecule has 4 aromatic rings. The van der Waals surface area contributed by atoms with Crippen LogP contribution in [0.25, 0.3) is 16.9 Å². The lowest BCUT2D eigenvalue weighted by Gasteiger charge is -2.39. The van der Waals surface area contributed by atoms with E-state index in [0.29, 0.717) is 36.8 Å². The van der Waals surface area contributed by atoms with E-state index in [1.807, 2.05) is 31.2 Å². The zero-order valence-corrected chi connectivity index (χ0v) is 19.5. The highest BCUT2D eigenvalue weighted by molar-refractivity contribution is 5.95. The number of carbonyl (C=O) groups excluding carboxylic acids is 2. The van der Waals surface area contributed by atoms with Gasteiger partial charge in [-0.3, -0.25) is 9.59 Å². The molecule has 0 unspecified atom stereocenters. The van der Waals surface area contributed by atoms with Crippen LogP contribution in [0, 0.1) is 0 Å². The van der Waals surface area contributed by atoms with Crippen LogP contribution in [0.3, 0.4) is 0 Å². The van der Waals surface area contributed by atoms with Gasteiger partial charge < -0.3 is 23.8 Å². The minimum absolute atomic E-state index is 0.186. The highest BCUT2D eigenvalue weighted by atomic mass is 16.5. The molecule has 0 bridgehead atoms. The Labute approximate surface area is 200 Å². The van der Waals surface area contributed by atoms with E-state index in [1.165, 1.54) is 12.3 Å². The maximum atomic E-state index is 13.3. The Bertz CT molecular complexity index is 1380. The first-order valence-electron chi connectivity index (χ1n) is 11.1. The van der Waals surface area contributed by atoms with E-state index in [-0.39, 0.29) is 29.2 Å². The number of fused-ring (bicyclic) bond motifs is 1. The summed E-state index contributed by atoms with van der Waals surface area (Å²) in [6, 6.07) is 10.4. The predicted octanol–water partition coefficient (Wildman–Crippen LogP) is 2.39. The first-order valence-corrected chi connectivity index (χ1v) is 11.1. The van der Waals surface area contributed by atoms with Gasteiger partial charge in [0.2, 0.25) is 0 Å². The number of rotatable bonds is 5. The Morgan fingerprint density at radius 3 is 2.54 bits per heavy atom. The van der Waals surface area contributed by atoms with Crippen LogP contribution in [-0.2, 0) is 0 Å². The molecule has 1 atom stereocenters. The summed E-state index contributed by atoms with van der Waals surface area (Å²) in [5.74, 6) is 0.780. The molecule has 1 saturated heterocycles. The van der Waals surface area contributed by atoms with Crippen LogP contribution < -0.4 is 9.47 Å². The van der Waals surface area contributed by atoms with Crippen LogP contribution in [-0.4, -0.2) is 81.3 Å². The van der Waals surface area contributed by atoms with E-state index in [9.17, 15) is 9.59 Å². The molecule has 11 heteroatoms. The zero-order chi connectivity index (χ0) is 24.5. The van der Waals surface area contributed by atoms with E-state index in [0.717, 1.165) is 11.3 Å². The van der Waals surface area contributed by atoms with Crippen molar-refractivity contribution in [3.8, 4) is 22.8 Å². The molecule has 0 aliphatic carbocycles. The van der Waals surface area contributed by atoms with Crippen molar-refractivity contribution in [3.05, 3.63) is 60.2 Å². The first-order chi connectivity index (χ1) is 17.0. The Balaban J connectivity index is 1.38. The van der Waals surface area contributed by atoms with Gasteiger partial charge in [0.1, 0.15) is 6.26 Å². The smallest absolute Gasteiger partial charge is 0.276 e. The van der Waals surface area contributed by atoms with Crippen LogP contribution in [0.4, 0.5) is 0 Å². The van der Waals surface area contributed by atoms with Crippen molar-refractivity contribution < 1.29 is 23.6 Å². The molecule has 0 radical (unpaired) electrons. The fraction of sp³-hybridized carbons (Fsp3) is 0.292. The number of hydrogen-bond donors (Lipinski definition) is 0. The molecule has 35 heavy (non-hydrogen) atoms. The molecule has 2 amide bonds. The molecule has 11 nitrogen and oxygen atoms in total. The molecule has 180 valence electrons. The summed E-state index contributed by atoms with van der Waals surface area (Å²) >= 11 is 0. The molecule has 5 rings (SSSR count). The van der Waals surface area contributed by atoms with Gasteiger partial charge in [-0.1, -0.05) is 5.16 Å². The van der Waals surface area contributed by atoms with Gasteiger partial charge in [-0.25, -0.2) is 9.50 Å². The Morgan fingerprint density at radius 2 is 1.83 bits per heavy atom. The quantitative estimate of drug-likeness (QED) is 0.431. The van der Waals surface area contributed by atoms with Gasteiger partial charge in [0.15, 0.2) is 28.5 Å². The van der Waals surface area contributed by atoms with Crippen LogP contribution in [0.1, 0.15) is 27.9 Å². The standard InChI is InChI=1S/C24H24N6O5/c1-15-14-28(9-10-29(15)24(32)17-7-11-35-27-17)23(31)18-13-22-25-8-6-19(30(22)26-18)16-4-5-20(33-2)21(12-16)34-3/h4-8,11-13,15H,9-10,14H2,1-3H3/t15-/m0/s1. The maximum absolute atomic E-state index is 13.3. The minimum atomic E-state index is -0.214. The first kappa shape index (κ1) is 22.4. The Kier molecular flexibility index (Phi) is 5.81. The van der Waals surface area contributed by atoms with Crippen molar-refractivity contribution in [3.63, 3.8) is 0 Å². The van der Waals surface area contributed by atoms with E-state index >= 15 is 0 Å². The fourth-order valence-electron chi connectivity index (χ4n) is 4.29. The number of methoxy groups -OCH3 is 2. The third kappa shape index (κ3) is 4.05. The van der Waals surface area contributed by atoms with E-state index in [4.69, 9.17) is 14.0 Å². The Morgan fingerprint density at radius 1 is 1.00 bits per heavy atom. The molecule has 1 aliphatic heterocycles. The lowest BCUT2D eigenvalue weighted by atomic mass is 10.1. The van der Waals surface area contributed by atoms with Gasteiger partial charge in [0, 0.05) is 49.6 Å². The number of ether oxygens (including phenoxy) is 2. The molecule has 4 heterocycles. The second-order valence-electron chi connectivity index (χ2n) is 8.18. The fourth-order valence-corrected chi connectivity index (χ4v) is 4.29. The van der Waals surface area contributed by atoms with Crippen molar-refractivity contribution >= 4 is 17.5 Å². The van der Waals surface area contributed by atoms with E-state index < -0.39 is 0 Å². The summed E-state index contributed by atoms with van der Waals surface area (Å²) in [6.07, 6.45) is 3.04. The lowest BCUT2D eigenvalue weighted by molar-refractivity contribution is 0.0405. The molecule has 0 saturated carbocycles. The van der Waals surface area contributed by atoms with Gasteiger partial charge in [0.05, 0.1) is 19.9 Å². The average molecular weight is 476 g/mol. The summed E-state index contributed by atoms with van der Waals surface area (Å²) in [6.45, 7) is 3.06. The summed E-state index contributed by atoms with van der Waals surface area (Å²) < 4.78 is 17.2. The number of amides is 2. The zero-order valence-electron chi connectivity index (χ0n) is 19.5. The molecule has 0 spiro atoms. The van der Waals surface area contributed by atoms with Gasteiger partial charge in [-0.2, -0.15) is 5.10 Å². The van der Waals surface area contributed by atoms with E-state index in [1.54, 1.807) is 40.8 Å².